The van der Waals surface area contributed by atoms with Crippen LogP contribution in [0.3, 0.4) is 0 Å². The van der Waals surface area contributed by atoms with E-state index >= 15 is 0 Å². The van der Waals surface area contributed by atoms with Crippen LogP contribution in [0.2, 0.25) is 0 Å². The third-order valence-corrected chi connectivity index (χ3v) is 5.46. The second-order valence-electron chi connectivity index (χ2n) is 5.93. The Balaban J connectivity index is 1.54. The van der Waals surface area contributed by atoms with Crippen molar-refractivity contribution in [3.05, 3.63) is 35.6 Å². The van der Waals surface area contributed by atoms with E-state index in [4.69, 9.17) is 0 Å². The lowest BCUT2D eigenvalue weighted by Crippen LogP contribution is -2.48. The van der Waals surface area contributed by atoms with Gasteiger partial charge in [0.25, 0.3) is 0 Å². The van der Waals surface area contributed by atoms with Crippen molar-refractivity contribution in [2.24, 2.45) is 5.92 Å². The minimum atomic E-state index is -0.585. The summed E-state index contributed by atoms with van der Waals surface area (Å²) in [6.45, 7) is 1.37. The topological polar surface area (TPSA) is 52.6 Å². The molecule has 1 aromatic carbocycles. The molecule has 120 valence electrons. The number of carbonyl (C=O) groups is 1. The lowest BCUT2D eigenvalue weighted by Gasteiger charge is -2.35. The van der Waals surface area contributed by atoms with E-state index in [1.54, 1.807) is 23.9 Å². The number of rotatable bonds is 3. The highest BCUT2D eigenvalue weighted by molar-refractivity contribution is 7.99. The van der Waals surface area contributed by atoms with E-state index in [9.17, 15) is 14.3 Å². The lowest BCUT2D eigenvalue weighted by molar-refractivity contribution is -0.134. The summed E-state index contributed by atoms with van der Waals surface area (Å²) in [5, 5.41) is 13.6. The van der Waals surface area contributed by atoms with Crippen molar-refractivity contribution in [3.8, 4) is 0 Å². The standard InChI is InChI=1S/C16H21FN2O2S/c17-13-3-1-11(2-4-13)15(20)12-5-7-19(8-6-12)16(21)14-9-22-10-18-14/h1-4,12,14-15,18,20H,5-10H2/t14-,15+/m1/s1. The van der Waals surface area contributed by atoms with E-state index < -0.39 is 6.10 Å². The van der Waals surface area contributed by atoms with Crippen molar-refractivity contribution in [2.75, 3.05) is 24.7 Å². The number of hydrogen-bond donors (Lipinski definition) is 2. The molecule has 2 atom stereocenters. The number of hydrogen-bond acceptors (Lipinski definition) is 4. The predicted octanol–water partition coefficient (Wildman–Crippen LogP) is 1.76. The highest BCUT2D eigenvalue weighted by atomic mass is 32.2. The second-order valence-corrected chi connectivity index (χ2v) is 6.96. The Morgan fingerprint density at radius 2 is 2.00 bits per heavy atom. The average molecular weight is 324 g/mol. The van der Waals surface area contributed by atoms with Crippen molar-refractivity contribution in [1.82, 2.24) is 10.2 Å². The Labute approximate surface area is 134 Å². The van der Waals surface area contributed by atoms with Gasteiger partial charge < -0.3 is 10.0 Å². The fraction of sp³-hybridized carbons (Fsp3) is 0.562. The molecule has 2 saturated heterocycles. The molecule has 1 aromatic rings. The van der Waals surface area contributed by atoms with Crippen LogP contribution in [-0.2, 0) is 4.79 Å². The molecule has 2 aliphatic heterocycles. The zero-order valence-electron chi connectivity index (χ0n) is 12.4. The SMILES string of the molecule is O=C([C@H]1CSCN1)N1CCC([C@@H](O)c2ccc(F)cc2)CC1. The van der Waals surface area contributed by atoms with Gasteiger partial charge in [0, 0.05) is 24.7 Å². The molecular weight excluding hydrogens is 303 g/mol. The number of halogens is 1. The monoisotopic (exact) mass is 324 g/mol. The molecule has 0 saturated carbocycles. The van der Waals surface area contributed by atoms with E-state index in [1.165, 1.54) is 12.1 Å². The van der Waals surface area contributed by atoms with E-state index in [0.29, 0.717) is 13.1 Å². The summed E-state index contributed by atoms with van der Waals surface area (Å²) in [4.78, 5) is 14.2. The summed E-state index contributed by atoms with van der Waals surface area (Å²) in [6.07, 6.45) is 0.979. The number of aliphatic hydroxyl groups is 1. The van der Waals surface area contributed by atoms with Crippen LogP contribution >= 0.6 is 11.8 Å². The smallest absolute Gasteiger partial charge is 0.240 e. The molecule has 6 heteroatoms. The third kappa shape index (κ3) is 3.45. The van der Waals surface area contributed by atoms with Crippen molar-refractivity contribution in [2.45, 2.75) is 25.0 Å². The van der Waals surface area contributed by atoms with Gasteiger partial charge in [-0.25, -0.2) is 4.39 Å². The number of amides is 1. The molecule has 0 unspecified atom stereocenters. The summed E-state index contributed by atoms with van der Waals surface area (Å²) in [5.41, 5.74) is 0.750. The summed E-state index contributed by atoms with van der Waals surface area (Å²) in [5.74, 6) is 1.70. The summed E-state index contributed by atoms with van der Waals surface area (Å²) in [6, 6.07) is 5.97. The minimum Gasteiger partial charge on any atom is -0.388 e. The van der Waals surface area contributed by atoms with Crippen molar-refractivity contribution in [1.29, 1.82) is 0 Å². The van der Waals surface area contributed by atoms with Crippen LogP contribution in [-0.4, -0.2) is 46.7 Å². The highest BCUT2D eigenvalue weighted by Crippen LogP contribution is 2.31. The van der Waals surface area contributed by atoms with Gasteiger partial charge in [-0.3, -0.25) is 10.1 Å². The number of nitrogens with zero attached hydrogens (tertiary/aromatic N) is 1. The van der Waals surface area contributed by atoms with Gasteiger partial charge in [-0.15, -0.1) is 11.8 Å². The number of nitrogens with one attached hydrogen (secondary N) is 1. The van der Waals surface area contributed by atoms with Crippen LogP contribution < -0.4 is 5.32 Å². The maximum atomic E-state index is 12.9. The van der Waals surface area contributed by atoms with Gasteiger partial charge in [0.15, 0.2) is 0 Å². The molecular formula is C16H21FN2O2S. The number of piperidine rings is 1. The van der Waals surface area contributed by atoms with Crippen molar-refractivity contribution < 1.29 is 14.3 Å². The van der Waals surface area contributed by atoms with Gasteiger partial charge in [-0.05, 0) is 36.5 Å². The van der Waals surface area contributed by atoms with Crippen molar-refractivity contribution >= 4 is 17.7 Å². The Morgan fingerprint density at radius 3 is 2.59 bits per heavy atom. The van der Waals surface area contributed by atoms with Gasteiger partial charge in [0.2, 0.25) is 5.91 Å². The van der Waals surface area contributed by atoms with Crippen LogP contribution in [0.25, 0.3) is 0 Å². The van der Waals surface area contributed by atoms with Crippen LogP contribution in [0.1, 0.15) is 24.5 Å². The Kier molecular flexibility index (Phi) is 5.00. The maximum Gasteiger partial charge on any atom is 0.240 e. The molecule has 0 aliphatic carbocycles. The zero-order valence-corrected chi connectivity index (χ0v) is 13.2. The van der Waals surface area contributed by atoms with Gasteiger partial charge >= 0.3 is 0 Å². The average Bonchev–Trinajstić information content (AvgIpc) is 3.09. The molecule has 0 aromatic heterocycles. The largest absolute Gasteiger partial charge is 0.388 e. The zero-order chi connectivity index (χ0) is 15.5. The van der Waals surface area contributed by atoms with Crippen LogP contribution in [0.4, 0.5) is 4.39 Å². The fourth-order valence-corrected chi connectivity index (χ4v) is 4.07. The molecule has 2 N–H and O–H groups in total. The number of likely N-dealkylation sites (tertiary alicyclic amines) is 1. The first kappa shape index (κ1) is 15.8. The van der Waals surface area contributed by atoms with E-state index in [2.05, 4.69) is 5.32 Å². The Morgan fingerprint density at radius 1 is 1.32 bits per heavy atom. The van der Waals surface area contributed by atoms with Gasteiger partial charge in [0.1, 0.15) is 5.82 Å². The first-order chi connectivity index (χ1) is 10.6. The molecule has 1 amide bonds. The molecule has 0 spiro atoms. The predicted molar refractivity (Wildman–Crippen MR) is 84.9 cm³/mol. The molecule has 0 radical (unpaired) electrons. The molecule has 0 bridgehead atoms. The molecule has 3 rings (SSSR count). The van der Waals surface area contributed by atoms with Crippen molar-refractivity contribution in [3.63, 3.8) is 0 Å². The summed E-state index contributed by atoms with van der Waals surface area (Å²) < 4.78 is 12.9. The van der Waals surface area contributed by atoms with Gasteiger partial charge in [0.05, 0.1) is 12.1 Å². The second kappa shape index (κ2) is 6.98. The Hall–Kier alpha value is -1.11. The number of carbonyl (C=O) groups excluding carboxylic acids is 1. The van der Waals surface area contributed by atoms with Crippen LogP contribution in [0.5, 0.6) is 0 Å². The fourth-order valence-electron chi connectivity index (χ4n) is 3.14. The summed E-state index contributed by atoms with van der Waals surface area (Å²) in [7, 11) is 0. The van der Waals surface area contributed by atoms with Crippen LogP contribution in [0.15, 0.2) is 24.3 Å². The van der Waals surface area contributed by atoms with E-state index in [0.717, 1.165) is 30.0 Å². The van der Waals surface area contributed by atoms with Gasteiger partial charge in [-0.2, -0.15) is 0 Å². The number of benzene rings is 1. The van der Waals surface area contributed by atoms with E-state index in [-0.39, 0.29) is 23.7 Å². The third-order valence-electron chi connectivity index (χ3n) is 4.52. The summed E-state index contributed by atoms with van der Waals surface area (Å²) >= 11 is 1.75. The molecule has 2 aliphatic rings. The van der Waals surface area contributed by atoms with E-state index in [1.807, 2.05) is 4.90 Å². The Bertz CT molecular complexity index is 511. The number of thioether (sulfide) groups is 1. The minimum absolute atomic E-state index is 0.0522. The molecule has 22 heavy (non-hydrogen) atoms. The lowest BCUT2D eigenvalue weighted by atomic mass is 9.87. The first-order valence-electron chi connectivity index (χ1n) is 7.68. The van der Waals surface area contributed by atoms with Gasteiger partial charge in [-0.1, -0.05) is 12.1 Å². The maximum absolute atomic E-state index is 12.9. The quantitative estimate of drug-likeness (QED) is 0.890. The highest BCUT2D eigenvalue weighted by Gasteiger charge is 2.32. The molecule has 4 nitrogen and oxygen atoms in total. The molecule has 2 heterocycles. The van der Waals surface area contributed by atoms with Crippen LogP contribution in [0, 0.1) is 11.7 Å². The number of aliphatic hydroxyl groups excluding tert-OH is 1. The molecule has 2 fully saturated rings. The first-order valence-corrected chi connectivity index (χ1v) is 8.84. The normalized spacial score (nSPS) is 24.5.